The van der Waals surface area contributed by atoms with Gasteiger partial charge >= 0.3 is 12.4 Å². The molecule has 0 aliphatic carbocycles. The summed E-state index contributed by atoms with van der Waals surface area (Å²) in [5.74, 6) is 0. The summed E-state index contributed by atoms with van der Waals surface area (Å²) < 4.78 is 73.1. The van der Waals surface area contributed by atoms with Crippen LogP contribution in [-0.2, 0) is 0 Å². The molecular weight excluding hydrogens is 234 g/mol. The summed E-state index contributed by atoms with van der Waals surface area (Å²) >= 11 is 0. The molecule has 0 spiro atoms. The Bertz CT molecular complexity index is 326. The normalized spacial score (nSPS) is 15.2. The van der Waals surface area contributed by atoms with Gasteiger partial charge in [-0.25, -0.2) is 0 Å². The minimum Gasteiger partial charge on any atom is -0.166 e. The highest BCUT2D eigenvalue weighted by atomic mass is 19.4. The number of rotatable bonds is 2. The third-order valence-corrected chi connectivity index (χ3v) is 1.55. The molecule has 0 fully saturated rings. The zero-order valence-electron chi connectivity index (χ0n) is 8.63. The van der Waals surface area contributed by atoms with E-state index in [0.717, 1.165) is 0 Å². The van der Waals surface area contributed by atoms with Crippen LogP contribution in [0.4, 0.5) is 26.3 Å². The molecule has 0 aromatic carbocycles. The van der Waals surface area contributed by atoms with Gasteiger partial charge in [-0.2, -0.15) is 26.3 Å². The monoisotopic (exact) mass is 244 g/mol. The van der Waals surface area contributed by atoms with E-state index < -0.39 is 23.5 Å². The van der Waals surface area contributed by atoms with Crippen molar-refractivity contribution in [2.75, 3.05) is 0 Å². The molecular formula is C10H10F6. The van der Waals surface area contributed by atoms with Crippen LogP contribution in [0.5, 0.6) is 0 Å². The van der Waals surface area contributed by atoms with E-state index in [0.29, 0.717) is 13.0 Å². The number of halogens is 6. The molecule has 0 bridgehead atoms. The maximum Gasteiger partial charge on any atom is 0.416 e. The maximum absolute atomic E-state index is 12.3. The topological polar surface area (TPSA) is 0 Å². The van der Waals surface area contributed by atoms with Crippen LogP contribution in [0.25, 0.3) is 0 Å². The molecule has 0 saturated heterocycles. The highest BCUT2D eigenvalue weighted by Gasteiger charge is 2.36. The van der Waals surface area contributed by atoms with E-state index in [-0.39, 0.29) is 11.6 Å². The molecule has 0 N–H and O–H groups in total. The third kappa shape index (κ3) is 5.04. The SMILES string of the molecule is C=C(C)/C=C(\C=C(/C)C(F)(F)F)C(F)(F)F. The Hall–Kier alpha value is -1.20. The van der Waals surface area contributed by atoms with Gasteiger partial charge in [-0.05, 0) is 26.0 Å². The fraction of sp³-hybridized carbons (Fsp3) is 0.400. The molecule has 0 aliphatic rings. The molecule has 0 nitrogen and oxygen atoms in total. The largest absolute Gasteiger partial charge is 0.416 e. The van der Waals surface area contributed by atoms with Gasteiger partial charge in [-0.1, -0.05) is 12.2 Å². The number of alkyl halides is 6. The summed E-state index contributed by atoms with van der Waals surface area (Å²) in [6.07, 6.45) is -8.96. The van der Waals surface area contributed by atoms with E-state index in [1.807, 2.05) is 0 Å². The van der Waals surface area contributed by atoms with Crippen molar-refractivity contribution < 1.29 is 26.3 Å². The molecule has 0 unspecified atom stereocenters. The summed E-state index contributed by atoms with van der Waals surface area (Å²) in [5, 5.41) is 0. The molecule has 92 valence electrons. The van der Waals surface area contributed by atoms with Crippen molar-refractivity contribution in [3.05, 3.63) is 35.5 Å². The lowest BCUT2D eigenvalue weighted by Gasteiger charge is -2.11. The van der Waals surface area contributed by atoms with Crippen molar-refractivity contribution in [2.45, 2.75) is 26.2 Å². The van der Waals surface area contributed by atoms with Gasteiger partial charge in [-0.3, -0.25) is 0 Å². The van der Waals surface area contributed by atoms with E-state index in [4.69, 9.17) is 0 Å². The van der Waals surface area contributed by atoms with Crippen LogP contribution in [-0.4, -0.2) is 12.4 Å². The minimum absolute atomic E-state index is 0.0264. The highest BCUT2D eigenvalue weighted by Crippen LogP contribution is 2.32. The first-order valence-corrected chi connectivity index (χ1v) is 4.14. The smallest absolute Gasteiger partial charge is 0.166 e. The van der Waals surface area contributed by atoms with Crippen molar-refractivity contribution in [3.63, 3.8) is 0 Å². The second-order valence-corrected chi connectivity index (χ2v) is 3.27. The molecule has 0 heterocycles. The summed E-state index contributed by atoms with van der Waals surface area (Å²) in [5.41, 5.74) is -2.65. The van der Waals surface area contributed by atoms with E-state index in [9.17, 15) is 26.3 Å². The lowest BCUT2D eigenvalue weighted by atomic mass is 10.1. The van der Waals surface area contributed by atoms with Crippen molar-refractivity contribution in [2.24, 2.45) is 0 Å². The number of hydrogen-bond donors (Lipinski definition) is 0. The van der Waals surface area contributed by atoms with E-state index in [1.54, 1.807) is 0 Å². The van der Waals surface area contributed by atoms with Gasteiger partial charge in [0.2, 0.25) is 0 Å². The van der Waals surface area contributed by atoms with Crippen LogP contribution < -0.4 is 0 Å². The Morgan fingerprint density at radius 2 is 1.31 bits per heavy atom. The van der Waals surface area contributed by atoms with E-state index in [1.165, 1.54) is 6.92 Å². The predicted molar refractivity (Wildman–Crippen MR) is 48.8 cm³/mol. The minimum atomic E-state index is -4.83. The van der Waals surface area contributed by atoms with E-state index in [2.05, 4.69) is 6.58 Å². The molecule has 0 aliphatic heterocycles. The Morgan fingerprint density at radius 1 is 0.875 bits per heavy atom. The third-order valence-electron chi connectivity index (χ3n) is 1.55. The van der Waals surface area contributed by atoms with Gasteiger partial charge in [0.25, 0.3) is 0 Å². The lowest BCUT2D eigenvalue weighted by Crippen LogP contribution is -2.14. The van der Waals surface area contributed by atoms with Gasteiger partial charge in [0.15, 0.2) is 0 Å². The first-order valence-electron chi connectivity index (χ1n) is 4.14. The summed E-state index contributed by atoms with van der Waals surface area (Å²) in [4.78, 5) is 0. The molecule has 0 saturated carbocycles. The maximum atomic E-state index is 12.3. The standard InChI is InChI=1S/C10H10F6/c1-6(2)4-8(10(14,15)16)5-7(3)9(11,12)13/h4-5H,1H2,2-3H3/b7-5+,8-4+. The Morgan fingerprint density at radius 3 is 1.56 bits per heavy atom. The summed E-state index contributed by atoms with van der Waals surface area (Å²) in [6.45, 7) is 5.04. The Labute approximate surface area is 88.9 Å². The van der Waals surface area contributed by atoms with Gasteiger partial charge in [0.05, 0.1) is 5.57 Å². The van der Waals surface area contributed by atoms with Crippen LogP contribution in [0.2, 0.25) is 0 Å². The molecule has 0 atom stereocenters. The molecule has 0 rings (SSSR count). The van der Waals surface area contributed by atoms with Crippen LogP contribution in [0.15, 0.2) is 35.5 Å². The van der Waals surface area contributed by atoms with Crippen molar-refractivity contribution in [3.8, 4) is 0 Å². The summed E-state index contributed by atoms with van der Waals surface area (Å²) in [6, 6.07) is 0. The lowest BCUT2D eigenvalue weighted by molar-refractivity contribution is -0.0953. The second-order valence-electron chi connectivity index (χ2n) is 3.27. The quantitative estimate of drug-likeness (QED) is 0.493. The number of allylic oxidation sites excluding steroid dienone is 5. The second kappa shape index (κ2) is 4.76. The molecule has 0 radical (unpaired) electrons. The fourth-order valence-corrected chi connectivity index (χ4v) is 0.786. The van der Waals surface area contributed by atoms with Gasteiger partial charge in [-0.15, -0.1) is 0 Å². The van der Waals surface area contributed by atoms with Crippen molar-refractivity contribution in [1.29, 1.82) is 0 Å². The molecule has 6 heteroatoms. The molecule has 0 aromatic heterocycles. The van der Waals surface area contributed by atoms with E-state index >= 15 is 0 Å². The van der Waals surface area contributed by atoms with Crippen molar-refractivity contribution >= 4 is 0 Å². The summed E-state index contributed by atoms with van der Waals surface area (Å²) in [7, 11) is 0. The van der Waals surface area contributed by atoms with Gasteiger partial charge < -0.3 is 0 Å². The van der Waals surface area contributed by atoms with Crippen LogP contribution in [0.3, 0.4) is 0 Å². The number of hydrogen-bond acceptors (Lipinski definition) is 0. The van der Waals surface area contributed by atoms with Gasteiger partial charge in [0.1, 0.15) is 0 Å². The zero-order chi connectivity index (χ0) is 13.1. The Kier molecular flexibility index (Phi) is 4.40. The average Bonchev–Trinajstić information content (AvgIpc) is 1.98. The first kappa shape index (κ1) is 14.8. The zero-order valence-corrected chi connectivity index (χ0v) is 8.63. The fourth-order valence-electron chi connectivity index (χ4n) is 0.786. The van der Waals surface area contributed by atoms with Crippen LogP contribution in [0.1, 0.15) is 13.8 Å². The average molecular weight is 244 g/mol. The van der Waals surface area contributed by atoms with Crippen LogP contribution >= 0.6 is 0 Å². The Balaban J connectivity index is 5.36. The molecule has 0 amide bonds. The van der Waals surface area contributed by atoms with Gasteiger partial charge in [0, 0.05) is 5.57 Å². The molecule has 0 aromatic rings. The van der Waals surface area contributed by atoms with Crippen molar-refractivity contribution in [1.82, 2.24) is 0 Å². The molecule has 16 heavy (non-hydrogen) atoms. The highest BCUT2D eigenvalue weighted by molar-refractivity contribution is 5.34. The van der Waals surface area contributed by atoms with Crippen LogP contribution in [0, 0.1) is 0 Å². The predicted octanol–water partition coefficient (Wildman–Crippen LogP) is 4.56. The first-order chi connectivity index (χ1) is 6.94.